The van der Waals surface area contributed by atoms with Crippen molar-refractivity contribution in [2.24, 2.45) is 0 Å². The molecule has 1 aromatic rings. The number of methoxy groups -OCH3 is 1. The van der Waals surface area contributed by atoms with Crippen molar-refractivity contribution in [2.75, 3.05) is 26.9 Å². The number of nitrogens with one attached hydrogen (secondary N) is 1. The number of hydrogen-bond acceptors (Lipinski definition) is 6. The van der Waals surface area contributed by atoms with E-state index in [0.717, 1.165) is 11.5 Å². The van der Waals surface area contributed by atoms with Crippen molar-refractivity contribution in [3.63, 3.8) is 0 Å². The summed E-state index contributed by atoms with van der Waals surface area (Å²) in [5, 5.41) is 12.8. The summed E-state index contributed by atoms with van der Waals surface area (Å²) in [6, 6.07) is 0. The molecule has 0 aliphatic carbocycles. The predicted molar refractivity (Wildman–Crippen MR) is 71.0 cm³/mol. The van der Waals surface area contributed by atoms with Crippen LogP contribution in [0.3, 0.4) is 0 Å². The summed E-state index contributed by atoms with van der Waals surface area (Å²) in [5.41, 5.74) is 0.897. The van der Waals surface area contributed by atoms with Gasteiger partial charge in [0.25, 0.3) is 0 Å². The van der Waals surface area contributed by atoms with Crippen molar-refractivity contribution < 1.29 is 19.0 Å². The number of oxazole rings is 1. The van der Waals surface area contributed by atoms with Crippen LogP contribution in [0.1, 0.15) is 24.3 Å². The molecule has 0 aromatic carbocycles. The Kier molecular flexibility index (Phi) is 7.01. The van der Waals surface area contributed by atoms with E-state index in [9.17, 15) is 5.11 Å². The molecule has 0 bridgehead atoms. The second kappa shape index (κ2) is 8.27. The number of rotatable bonds is 9. The highest BCUT2D eigenvalue weighted by Gasteiger charge is 2.09. The summed E-state index contributed by atoms with van der Waals surface area (Å²) in [4.78, 5) is 4.25. The van der Waals surface area contributed by atoms with E-state index in [-0.39, 0.29) is 12.7 Å². The highest BCUT2D eigenvalue weighted by molar-refractivity contribution is 5.05. The third-order valence-electron chi connectivity index (χ3n) is 2.70. The van der Waals surface area contributed by atoms with Crippen molar-refractivity contribution >= 4 is 0 Å². The van der Waals surface area contributed by atoms with Gasteiger partial charge in [-0.05, 0) is 20.8 Å². The Morgan fingerprint density at radius 1 is 1.37 bits per heavy atom. The van der Waals surface area contributed by atoms with Crippen LogP contribution in [0.5, 0.6) is 0 Å². The molecule has 6 heteroatoms. The zero-order valence-electron chi connectivity index (χ0n) is 12.1. The van der Waals surface area contributed by atoms with E-state index >= 15 is 0 Å². The van der Waals surface area contributed by atoms with Gasteiger partial charge < -0.3 is 24.3 Å². The Labute approximate surface area is 114 Å². The molecule has 0 spiro atoms. The molecule has 0 saturated carbocycles. The van der Waals surface area contributed by atoms with E-state index in [0.29, 0.717) is 25.6 Å². The van der Waals surface area contributed by atoms with E-state index < -0.39 is 6.10 Å². The molecule has 0 aliphatic heterocycles. The van der Waals surface area contributed by atoms with Gasteiger partial charge in [0.15, 0.2) is 0 Å². The van der Waals surface area contributed by atoms with Crippen molar-refractivity contribution in [2.45, 2.75) is 39.5 Å². The SMILES string of the molecule is COCC(C)OCC(O)CNCc1nc(C)c(C)o1. The molecule has 1 rings (SSSR count). The lowest BCUT2D eigenvalue weighted by Crippen LogP contribution is -2.32. The third kappa shape index (κ3) is 6.15. The molecule has 2 unspecified atom stereocenters. The van der Waals surface area contributed by atoms with Gasteiger partial charge in [0.1, 0.15) is 5.76 Å². The van der Waals surface area contributed by atoms with Gasteiger partial charge in [-0.3, -0.25) is 0 Å². The average Bonchev–Trinajstić information content (AvgIpc) is 2.66. The van der Waals surface area contributed by atoms with Crippen LogP contribution in [0.4, 0.5) is 0 Å². The van der Waals surface area contributed by atoms with Gasteiger partial charge in [-0.25, -0.2) is 4.98 Å². The zero-order valence-corrected chi connectivity index (χ0v) is 12.1. The van der Waals surface area contributed by atoms with Gasteiger partial charge in [-0.2, -0.15) is 0 Å². The summed E-state index contributed by atoms with van der Waals surface area (Å²) < 4.78 is 15.8. The Morgan fingerprint density at radius 3 is 2.68 bits per heavy atom. The normalized spacial score (nSPS) is 14.6. The van der Waals surface area contributed by atoms with Crippen LogP contribution in [-0.2, 0) is 16.0 Å². The number of ether oxygens (including phenoxy) is 2. The lowest BCUT2D eigenvalue weighted by Gasteiger charge is -2.15. The van der Waals surface area contributed by atoms with Crippen LogP contribution in [0.25, 0.3) is 0 Å². The number of aliphatic hydroxyl groups is 1. The first-order valence-corrected chi connectivity index (χ1v) is 6.45. The topological polar surface area (TPSA) is 76.8 Å². The number of hydrogen-bond donors (Lipinski definition) is 2. The second-order valence-corrected chi connectivity index (χ2v) is 4.63. The maximum absolute atomic E-state index is 9.72. The first-order chi connectivity index (χ1) is 9.02. The summed E-state index contributed by atoms with van der Waals surface area (Å²) in [6.45, 7) is 7.42. The molecule has 0 saturated heterocycles. The Hall–Kier alpha value is -0.950. The van der Waals surface area contributed by atoms with E-state index in [2.05, 4.69) is 10.3 Å². The minimum atomic E-state index is -0.559. The minimum Gasteiger partial charge on any atom is -0.444 e. The lowest BCUT2D eigenvalue weighted by molar-refractivity contribution is -0.0312. The summed E-state index contributed by atoms with van der Waals surface area (Å²) in [7, 11) is 1.62. The number of aromatic nitrogens is 1. The largest absolute Gasteiger partial charge is 0.444 e. The van der Waals surface area contributed by atoms with Crippen LogP contribution in [0.15, 0.2) is 4.42 Å². The molecular weight excluding hydrogens is 248 g/mol. The number of aryl methyl sites for hydroxylation is 2. The highest BCUT2D eigenvalue weighted by atomic mass is 16.5. The number of nitrogens with zero attached hydrogens (tertiary/aromatic N) is 1. The third-order valence-corrected chi connectivity index (χ3v) is 2.70. The molecule has 2 N–H and O–H groups in total. The van der Waals surface area contributed by atoms with E-state index in [4.69, 9.17) is 13.9 Å². The van der Waals surface area contributed by atoms with Crippen LogP contribution in [-0.4, -0.2) is 49.2 Å². The second-order valence-electron chi connectivity index (χ2n) is 4.63. The van der Waals surface area contributed by atoms with Crippen molar-refractivity contribution in [1.82, 2.24) is 10.3 Å². The Balaban J connectivity index is 2.14. The molecular formula is C13H24N2O4. The van der Waals surface area contributed by atoms with Gasteiger partial charge in [0.05, 0.1) is 37.7 Å². The average molecular weight is 272 g/mol. The first kappa shape index (κ1) is 16.1. The highest BCUT2D eigenvalue weighted by Crippen LogP contribution is 2.07. The van der Waals surface area contributed by atoms with Crippen molar-refractivity contribution in [3.8, 4) is 0 Å². The van der Waals surface area contributed by atoms with Gasteiger partial charge >= 0.3 is 0 Å². The molecule has 1 aromatic heterocycles. The fourth-order valence-corrected chi connectivity index (χ4v) is 1.58. The molecule has 0 amide bonds. The fraction of sp³-hybridized carbons (Fsp3) is 0.769. The lowest BCUT2D eigenvalue weighted by atomic mass is 10.3. The number of aliphatic hydroxyl groups excluding tert-OH is 1. The van der Waals surface area contributed by atoms with Crippen LogP contribution >= 0.6 is 0 Å². The van der Waals surface area contributed by atoms with Crippen LogP contribution < -0.4 is 5.32 Å². The molecule has 0 fully saturated rings. The molecule has 0 radical (unpaired) electrons. The van der Waals surface area contributed by atoms with E-state index in [1.165, 1.54) is 0 Å². The van der Waals surface area contributed by atoms with Crippen LogP contribution in [0.2, 0.25) is 0 Å². The standard InChI is InChI=1S/C13H24N2O4/c1-9(7-17-4)18-8-12(16)5-14-6-13-15-10(2)11(3)19-13/h9,12,14,16H,5-8H2,1-4H3. The van der Waals surface area contributed by atoms with Crippen LogP contribution in [0, 0.1) is 13.8 Å². The summed E-state index contributed by atoms with van der Waals surface area (Å²) in [5.74, 6) is 1.46. The summed E-state index contributed by atoms with van der Waals surface area (Å²) >= 11 is 0. The predicted octanol–water partition coefficient (Wildman–Crippen LogP) is 0.793. The zero-order chi connectivity index (χ0) is 14.3. The first-order valence-electron chi connectivity index (χ1n) is 6.45. The summed E-state index contributed by atoms with van der Waals surface area (Å²) in [6.07, 6.45) is -0.576. The van der Waals surface area contributed by atoms with E-state index in [1.807, 2.05) is 20.8 Å². The molecule has 6 nitrogen and oxygen atoms in total. The maximum Gasteiger partial charge on any atom is 0.208 e. The molecule has 1 heterocycles. The molecule has 0 aliphatic rings. The molecule has 19 heavy (non-hydrogen) atoms. The van der Waals surface area contributed by atoms with Gasteiger partial charge in [-0.15, -0.1) is 0 Å². The molecule has 2 atom stereocenters. The van der Waals surface area contributed by atoms with Crippen molar-refractivity contribution in [1.29, 1.82) is 0 Å². The molecule has 110 valence electrons. The Morgan fingerprint density at radius 2 is 2.11 bits per heavy atom. The fourth-order valence-electron chi connectivity index (χ4n) is 1.58. The van der Waals surface area contributed by atoms with Gasteiger partial charge in [-0.1, -0.05) is 0 Å². The minimum absolute atomic E-state index is 0.0170. The van der Waals surface area contributed by atoms with E-state index in [1.54, 1.807) is 7.11 Å². The quantitative estimate of drug-likeness (QED) is 0.692. The van der Waals surface area contributed by atoms with Crippen molar-refractivity contribution in [3.05, 3.63) is 17.3 Å². The maximum atomic E-state index is 9.72. The van der Waals surface area contributed by atoms with Gasteiger partial charge in [0.2, 0.25) is 5.89 Å². The smallest absolute Gasteiger partial charge is 0.208 e. The monoisotopic (exact) mass is 272 g/mol. The van der Waals surface area contributed by atoms with Gasteiger partial charge in [0, 0.05) is 13.7 Å². The Bertz CT molecular complexity index is 348.